The molecule has 0 amide bonds. The number of ether oxygens (including phenoxy) is 1. The number of hydrogen-bond donors (Lipinski definition) is 0. The van der Waals surface area contributed by atoms with Crippen LogP contribution in [-0.4, -0.2) is 38.9 Å². The van der Waals surface area contributed by atoms with Crippen LogP contribution in [0.3, 0.4) is 0 Å². The number of halogens is 2. The third-order valence-electron chi connectivity index (χ3n) is 5.07. The summed E-state index contributed by atoms with van der Waals surface area (Å²) in [6.45, 7) is 6.28. The topological polar surface area (TPSA) is 56.1 Å². The molecule has 1 aromatic carbocycles. The first kappa shape index (κ1) is 20.1. The number of rotatable bonds is 5. The van der Waals surface area contributed by atoms with Gasteiger partial charge in [-0.2, -0.15) is 5.10 Å². The summed E-state index contributed by atoms with van der Waals surface area (Å²) in [6, 6.07) is 7.65. The predicted molar refractivity (Wildman–Crippen MR) is 115 cm³/mol. The highest BCUT2D eigenvalue weighted by Crippen LogP contribution is 2.25. The molecule has 0 atom stereocenters. The summed E-state index contributed by atoms with van der Waals surface area (Å²) in [5.74, 6) is 1.61. The van der Waals surface area contributed by atoms with E-state index in [1.807, 2.05) is 42.9 Å². The summed E-state index contributed by atoms with van der Waals surface area (Å²) in [5.41, 5.74) is 3.04. The molecule has 8 heteroatoms. The predicted octanol–water partition coefficient (Wildman–Crippen LogP) is 4.77. The van der Waals surface area contributed by atoms with Crippen molar-refractivity contribution in [1.82, 2.24) is 19.7 Å². The molecule has 6 nitrogen and oxygen atoms in total. The second-order valence-corrected chi connectivity index (χ2v) is 8.13. The SMILES string of the molecule is Cc1cc(C)n(-c2cncc(N3CCC(OCc4ccc(Cl)c(Cl)c4)CC3)n2)n1. The van der Waals surface area contributed by atoms with E-state index >= 15 is 0 Å². The van der Waals surface area contributed by atoms with Crippen molar-refractivity contribution in [3.63, 3.8) is 0 Å². The van der Waals surface area contributed by atoms with Gasteiger partial charge < -0.3 is 9.64 Å². The molecule has 0 unspecified atom stereocenters. The Morgan fingerprint density at radius 1 is 1.03 bits per heavy atom. The summed E-state index contributed by atoms with van der Waals surface area (Å²) in [6.07, 6.45) is 5.65. The number of anilines is 1. The Morgan fingerprint density at radius 2 is 1.79 bits per heavy atom. The average Bonchev–Trinajstić information content (AvgIpc) is 3.07. The first-order valence-electron chi connectivity index (χ1n) is 9.66. The van der Waals surface area contributed by atoms with Gasteiger partial charge in [0.2, 0.25) is 0 Å². The molecule has 0 N–H and O–H groups in total. The van der Waals surface area contributed by atoms with Gasteiger partial charge in [0.15, 0.2) is 5.82 Å². The van der Waals surface area contributed by atoms with Crippen molar-refractivity contribution in [2.75, 3.05) is 18.0 Å². The van der Waals surface area contributed by atoms with Crippen LogP contribution in [-0.2, 0) is 11.3 Å². The fraction of sp³-hybridized carbons (Fsp3) is 0.381. The van der Waals surface area contributed by atoms with Gasteiger partial charge in [-0.25, -0.2) is 9.67 Å². The molecular weight excluding hydrogens is 409 g/mol. The summed E-state index contributed by atoms with van der Waals surface area (Å²) >= 11 is 12.0. The Bertz CT molecular complexity index is 998. The van der Waals surface area contributed by atoms with Gasteiger partial charge in [0.25, 0.3) is 0 Å². The fourth-order valence-electron chi connectivity index (χ4n) is 3.56. The lowest BCUT2D eigenvalue weighted by Crippen LogP contribution is -2.37. The van der Waals surface area contributed by atoms with Gasteiger partial charge in [-0.1, -0.05) is 29.3 Å². The Morgan fingerprint density at radius 3 is 2.48 bits per heavy atom. The molecule has 29 heavy (non-hydrogen) atoms. The van der Waals surface area contributed by atoms with Crippen molar-refractivity contribution in [1.29, 1.82) is 0 Å². The number of piperidine rings is 1. The van der Waals surface area contributed by atoms with Gasteiger partial charge in [0.1, 0.15) is 5.82 Å². The number of aryl methyl sites for hydroxylation is 2. The standard InChI is InChI=1S/C21H23Cl2N5O/c1-14-9-15(2)28(26-14)21-12-24-11-20(25-21)27-7-5-17(6-8-27)29-13-16-3-4-18(22)19(23)10-16/h3-4,9-12,17H,5-8,13H2,1-2H3. The molecule has 1 aliphatic rings. The quantitative estimate of drug-likeness (QED) is 0.581. The molecule has 0 saturated carbocycles. The molecule has 0 aliphatic carbocycles. The maximum Gasteiger partial charge on any atom is 0.174 e. The van der Waals surface area contributed by atoms with Crippen molar-refractivity contribution in [2.45, 2.75) is 39.4 Å². The molecule has 1 fully saturated rings. The molecule has 0 bridgehead atoms. The van der Waals surface area contributed by atoms with Crippen molar-refractivity contribution in [2.24, 2.45) is 0 Å². The normalized spacial score (nSPS) is 15.1. The molecule has 0 radical (unpaired) electrons. The van der Waals surface area contributed by atoms with Gasteiger partial charge in [-0.15, -0.1) is 0 Å². The zero-order valence-corrected chi connectivity index (χ0v) is 18.0. The molecule has 2 aromatic heterocycles. The largest absolute Gasteiger partial charge is 0.373 e. The van der Waals surface area contributed by atoms with E-state index in [9.17, 15) is 0 Å². The van der Waals surface area contributed by atoms with E-state index in [2.05, 4.69) is 15.0 Å². The van der Waals surface area contributed by atoms with E-state index < -0.39 is 0 Å². The summed E-state index contributed by atoms with van der Waals surface area (Å²) in [7, 11) is 0. The number of hydrogen-bond acceptors (Lipinski definition) is 5. The maximum atomic E-state index is 6.08. The van der Waals surface area contributed by atoms with Crippen molar-refractivity contribution < 1.29 is 4.74 Å². The van der Waals surface area contributed by atoms with Crippen molar-refractivity contribution >= 4 is 29.0 Å². The number of nitrogens with zero attached hydrogens (tertiary/aromatic N) is 5. The van der Waals surface area contributed by atoms with Crippen LogP contribution >= 0.6 is 23.2 Å². The zero-order chi connectivity index (χ0) is 20.4. The molecule has 152 valence electrons. The van der Waals surface area contributed by atoms with Crippen LogP contribution < -0.4 is 4.90 Å². The maximum absolute atomic E-state index is 6.08. The number of aromatic nitrogens is 4. The molecule has 4 rings (SSSR count). The Balaban J connectivity index is 1.35. The van der Waals surface area contributed by atoms with Crippen LogP contribution in [0.4, 0.5) is 5.82 Å². The first-order chi connectivity index (χ1) is 14.0. The highest BCUT2D eigenvalue weighted by molar-refractivity contribution is 6.42. The van der Waals surface area contributed by atoms with Crippen LogP contribution in [0.15, 0.2) is 36.7 Å². The molecule has 0 spiro atoms. The highest BCUT2D eigenvalue weighted by atomic mass is 35.5. The Labute approximate surface area is 180 Å². The van der Waals surface area contributed by atoms with Crippen molar-refractivity contribution in [3.05, 3.63) is 63.7 Å². The third-order valence-corrected chi connectivity index (χ3v) is 5.81. The van der Waals surface area contributed by atoms with Crippen LogP contribution in [0.25, 0.3) is 5.82 Å². The van der Waals surface area contributed by atoms with E-state index in [1.165, 1.54) is 0 Å². The van der Waals surface area contributed by atoms with E-state index in [1.54, 1.807) is 12.3 Å². The lowest BCUT2D eigenvalue weighted by molar-refractivity contribution is 0.0250. The van der Waals surface area contributed by atoms with Gasteiger partial charge in [-0.05, 0) is 50.5 Å². The second-order valence-electron chi connectivity index (χ2n) is 7.32. The lowest BCUT2D eigenvalue weighted by atomic mass is 10.1. The fourth-order valence-corrected chi connectivity index (χ4v) is 3.88. The molecule has 3 heterocycles. The van der Waals surface area contributed by atoms with E-state index in [-0.39, 0.29) is 6.10 Å². The minimum absolute atomic E-state index is 0.216. The second kappa shape index (κ2) is 8.69. The van der Waals surface area contributed by atoms with Gasteiger partial charge >= 0.3 is 0 Å². The minimum atomic E-state index is 0.216. The highest BCUT2D eigenvalue weighted by Gasteiger charge is 2.21. The molecule has 1 saturated heterocycles. The smallest absolute Gasteiger partial charge is 0.174 e. The van der Waals surface area contributed by atoms with Gasteiger partial charge in [0, 0.05) is 18.8 Å². The van der Waals surface area contributed by atoms with Crippen molar-refractivity contribution in [3.8, 4) is 5.82 Å². The van der Waals surface area contributed by atoms with Crippen LogP contribution in [0.5, 0.6) is 0 Å². The molecule has 3 aromatic rings. The first-order valence-corrected chi connectivity index (χ1v) is 10.4. The van der Waals surface area contributed by atoms with Crippen LogP contribution in [0.1, 0.15) is 29.8 Å². The van der Waals surface area contributed by atoms with E-state index in [0.717, 1.165) is 54.5 Å². The van der Waals surface area contributed by atoms with Gasteiger partial charge in [0.05, 0.1) is 40.8 Å². The molecular formula is C21H23Cl2N5O. The van der Waals surface area contributed by atoms with Gasteiger partial charge in [-0.3, -0.25) is 4.98 Å². The monoisotopic (exact) mass is 431 g/mol. The average molecular weight is 432 g/mol. The van der Waals surface area contributed by atoms with E-state index in [4.69, 9.17) is 32.9 Å². The number of benzene rings is 1. The summed E-state index contributed by atoms with van der Waals surface area (Å²) < 4.78 is 7.91. The minimum Gasteiger partial charge on any atom is -0.373 e. The summed E-state index contributed by atoms with van der Waals surface area (Å²) in [4.78, 5) is 11.4. The zero-order valence-electron chi connectivity index (χ0n) is 16.5. The van der Waals surface area contributed by atoms with E-state index in [0.29, 0.717) is 16.7 Å². The lowest BCUT2D eigenvalue weighted by Gasteiger charge is -2.32. The Kier molecular flexibility index (Phi) is 6.04. The van der Waals surface area contributed by atoms with Crippen LogP contribution in [0.2, 0.25) is 10.0 Å². The molecule has 1 aliphatic heterocycles. The Hall–Kier alpha value is -2.15. The van der Waals surface area contributed by atoms with Crippen LogP contribution in [0, 0.1) is 13.8 Å². The summed E-state index contributed by atoms with van der Waals surface area (Å²) in [5, 5.41) is 5.62. The third kappa shape index (κ3) is 4.71.